The number of carbonyl (C=O) groups is 1. The summed E-state index contributed by atoms with van der Waals surface area (Å²) in [7, 11) is -3.55. The number of carbonyl (C=O) groups excluding carboxylic acids is 1. The van der Waals surface area contributed by atoms with Crippen molar-refractivity contribution in [2.75, 3.05) is 18.4 Å². The van der Waals surface area contributed by atoms with Crippen LogP contribution in [0.2, 0.25) is 10.0 Å². The van der Waals surface area contributed by atoms with Gasteiger partial charge in [0.15, 0.2) is 0 Å². The molecule has 1 atom stereocenters. The van der Waals surface area contributed by atoms with Crippen LogP contribution in [-0.4, -0.2) is 31.7 Å². The summed E-state index contributed by atoms with van der Waals surface area (Å²) in [5.41, 5.74) is 0.428. The lowest BCUT2D eigenvalue weighted by Gasteiger charge is -2.30. The molecular weight excluding hydrogens is 403 g/mol. The zero-order valence-electron chi connectivity index (χ0n) is 13.1. The van der Waals surface area contributed by atoms with Crippen LogP contribution in [0, 0.1) is 5.92 Å². The molecule has 9 heteroatoms. The highest BCUT2D eigenvalue weighted by atomic mass is 35.5. The van der Waals surface area contributed by atoms with E-state index in [1.807, 2.05) is 0 Å². The average molecular weight is 419 g/mol. The van der Waals surface area contributed by atoms with Crippen molar-refractivity contribution >= 4 is 56.2 Å². The fourth-order valence-corrected chi connectivity index (χ4v) is 5.75. The van der Waals surface area contributed by atoms with E-state index in [2.05, 4.69) is 5.32 Å². The number of piperidine rings is 1. The van der Waals surface area contributed by atoms with Crippen LogP contribution in [0.15, 0.2) is 39.9 Å². The van der Waals surface area contributed by atoms with Crippen molar-refractivity contribution in [2.45, 2.75) is 17.1 Å². The summed E-state index contributed by atoms with van der Waals surface area (Å²) < 4.78 is 27.0. The molecule has 1 fully saturated rings. The first kappa shape index (κ1) is 18.7. The third kappa shape index (κ3) is 4.17. The highest BCUT2D eigenvalue weighted by molar-refractivity contribution is 7.91. The van der Waals surface area contributed by atoms with Crippen LogP contribution in [0.1, 0.15) is 12.8 Å². The first-order chi connectivity index (χ1) is 11.9. The molecule has 1 aromatic carbocycles. The Labute approximate surface area is 160 Å². The highest BCUT2D eigenvalue weighted by Gasteiger charge is 2.33. The van der Waals surface area contributed by atoms with E-state index in [0.29, 0.717) is 39.3 Å². The SMILES string of the molecule is O=C(Nc1cc(Cl)ccc1Cl)[C@H]1CCCN(S(=O)(=O)c2cccs2)C1. The Morgan fingerprint density at radius 2 is 2.08 bits per heavy atom. The fourth-order valence-electron chi connectivity index (χ4n) is 2.74. The Balaban J connectivity index is 1.73. The van der Waals surface area contributed by atoms with Crippen molar-refractivity contribution in [1.29, 1.82) is 0 Å². The number of thiophene rings is 1. The lowest BCUT2D eigenvalue weighted by atomic mass is 9.99. The smallest absolute Gasteiger partial charge is 0.252 e. The third-order valence-corrected chi connectivity index (χ3v) is 7.83. The Bertz CT molecular complexity index is 870. The maximum absolute atomic E-state index is 12.6. The van der Waals surface area contributed by atoms with E-state index in [1.54, 1.807) is 35.7 Å². The fraction of sp³-hybridized carbons (Fsp3) is 0.312. The van der Waals surface area contributed by atoms with Crippen molar-refractivity contribution in [2.24, 2.45) is 5.92 Å². The zero-order chi connectivity index (χ0) is 18.0. The summed E-state index contributed by atoms with van der Waals surface area (Å²) in [5, 5.41) is 5.33. The topological polar surface area (TPSA) is 66.5 Å². The minimum Gasteiger partial charge on any atom is -0.324 e. The van der Waals surface area contributed by atoms with Gasteiger partial charge in [0.25, 0.3) is 10.0 Å². The van der Waals surface area contributed by atoms with Gasteiger partial charge in [-0.2, -0.15) is 4.31 Å². The van der Waals surface area contributed by atoms with Crippen LogP contribution >= 0.6 is 34.5 Å². The maximum atomic E-state index is 12.6. The average Bonchev–Trinajstić information content (AvgIpc) is 3.13. The summed E-state index contributed by atoms with van der Waals surface area (Å²) in [6.07, 6.45) is 1.26. The molecule has 2 heterocycles. The van der Waals surface area contributed by atoms with E-state index in [4.69, 9.17) is 23.2 Å². The molecule has 1 aromatic heterocycles. The highest BCUT2D eigenvalue weighted by Crippen LogP contribution is 2.29. The van der Waals surface area contributed by atoms with Crippen LogP contribution in [-0.2, 0) is 14.8 Å². The predicted octanol–water partition coefficient (Wildman–Crippen LogP) is 4.09. The summed E-state index contributed by atoms with van der Waals surface area (Å²) in [6.45, 7) is 0.576. The summed E-state index contributed by atoms with van der Waals surface area (Å²) in [5.74, 6) is -0.686. The van der Waals surface area contributed by atoms with Gasteiger partial charge in [-0.25, -0.2) is 8.42 Å². The predicted molar refractivity (Wildman–Crippen MR) is 101 cm³/mol. The Morgan fingerprint density at radius 1 is 1.28 bits per heavy atom. The first-order valence-corrected chi connectivity index (χ1v) is 10.7. The number of sulfonamides is 1. The molecule has 0 bridgehead atoms. The molecule has 5 nitrogen and oxygen atoms in total. The van der Waals surface area contributed by atoms with Crippen LogP contribution in [0.5, 0.6) is 0 Å². The molecular formula is C16H16Cl2N2O3S2. The van der Waals surface area contributed by atoms with Gasteiger partial charge in [0.2, 0.25) is 5.91 Å². The van der Waals surface area contributed by atoms with Crippen molar-refractivity contribution in [3.63, 3.8) is 0 Å². The van der Waals surface area contributed by atoms with E-state index >= 15 is 0 Å². The number of halogens is 2. The van der Waals surface area contributed by atoms with Crippen LogP contribution in [0.3, 0.4) is 0 Å². The minimum absolute atomic E-state index is 0.157. The molecule has 25 heavy (non-hydrogen) atoms. The molecule has 1 aliphatic rings. The van der Waals surface area contributed by atoms with Crippen LogP contribution in [0.4, 0.5) is 5.69 Å². The van der Waals surface area contributed by atoms with Gasteiger partial charge in [-0.3, -0.25) is 4.79 Å². The Hall–Kier alpha value is -1.12. The van der Waals surface area contributed by atoms with E-state index < -0.39 is 15.9 Å². The molecule has 0 saturated carbocycles. The molecule has 2 aromatic rings. The second kappa shape index (κ2) is 7.63. The van der Waals surface area contributed by atoms with Crippen LogP contribution < -0.4 is 5.32 Å². The summed E-state index contributed by atoms with van der Waals surface area (Å²) >= 11 is 13.2. The molecule has 3 rings (SSSR count). The van der Waals surface area contributed by atoms with Gasteiger partial charge < -0.3 is 5.32 Å². The standard InChI is InChI=1S/C16H16Cl2N2O3S2/c17-12-5-6-13(18)14(9-12)19-16(21)11-3-1-7-20(10-11)25(22,23)15-4-2-8-24-15/h2,4-6,8-9,11H,1,3,7,10H2,(H,19,21)/t11-/m0/s1. The van der Waals surface area contributed by atoms with Crippen molar-refractivity contribution < 1.29 is 13.2 Å². The number of amides is 1. The number of hydrogen-bond acceptors (Lipinski definition) is 4. The lowest BCUT2D eigenvalue weighted by molar-refractivity contribution is -0.120. The molecule has 0 aliphatic carbocycles. The van der Waals surface area contributed by atoms with E-state index in [9.17, 15) is 13.2 Å². The van der Waals surface area contributed by atoms with Crippen LogP contribution in [0.25, 0.3) is 0 Å². The molecule has 1 aliphatic heterocycles. The number of nitrogens with one attached hydrogen (secondary N) is 1. The van der Waals surface area contributed by atoms with Gasteiger partial charge in [-0.15, -0.1) is 11.3 Å². The lowest BCUT2D eigenvalue weighted by Crippen LogP contribution is -2.43. The monoisotopic (exact) mass is 418 g/mol. The molecule has 0 radical (unpaired) electrons. The Kier molecular flexibility index (Phi) is 5.70. The second-order valence-corrected chi connectivity index (χ2v) is 9.70. The molecule has 1 N–H and O–H groups in total. The molecule has 1 saturated heterocycles. The normalized spacial score (nSPS) is 18.9. The number of benzene rings is 1. The first-order valence-electron chi connectivity index (χ1n) is 7.67. The Morgan fingerprint density at radius 3 is 2.80 bits per heavy atom. The van der Waals surface area contributed by atoms with Gasteiger partial charge in [0.1, 0.15) is 4.21 Å². The van der Waals surface area contributed by atoms with Gasteiger partial charge in [0, 0.05) is 18.1 Å². The third-order valence-electron chi connectivity index (χ3n) is 4.03. The van der Waals surface area contributed by atoms with E-state index in [-0.39, 0.29) is 12.5 Å². The molecule has 0 spiro atoms. The largest absolute Gasteiger partial charge is 0.324 e. The number of hydrogen-bond donors (Lipinski definition) is 1. The summed E-state index contributed by atoms with van der Waals surface area (Å²) in [4.78, 5) is 12.6. The van der Waals surface area contributed by atoms with E-state index in [1.165, 1.54) is 15.6 Å². The van der Waals surface area contributed by atoms with Gasteiger partial charge >= 0.3 is 0 Å². The van der Waals surface area contributed by atoms with E-state index in [0.717, 1.165) is 0 Å². The van der Waals surface area contributed by atoms with Gasteiger partial charge in [-0.05, 0) is 42.5 Å². The molecule has 0 unspecified atom stereocenters. The number of anilines is 1. The number of nitrogens with zero attached hydrogens (tertiary/aromatic N) is 1. The second-order valence-electron chi connectivity index (χ2n) is 5.75. The quantitative estimate of drug-likeness (QED) is 0.812. The number of rotatable bonds is 4. The summed E-state index contributed by atoms with van der Waals surface area (Å²) in [6, 6.07) is 8.09. The molecule has 1 amide bonds. The van der Waals surface area contributed by atoms with Crippen molar-refractivity contribution in [1.82, 2.24) is 4.31 Å². The zero-order valence-corrected chi connectivity index (χ0v) is 16.3. The minimum atomic E-state index is -3.55. The van der Waals surface area contributed by atoms with Crippen molar-refractivity contribution in [3.8, 4) is 0 Å². The van der Waals surface area contributed by atoms with Crippen molar-refractivity contribution in [3.05, 3.63) is 45.8 Å². The molecule has 134 valence electrons. The van der Waals surface area contributed by atoms with Gasteiger partial charge in [0.05, 0.1) is 16.6 Å². The maximum Gasteiger partial charge on any atom is 0.252 e. The van der Waals surface area contributed by atoms with Gasteiger partial charge in [-0.1, -0.05) is 29.3 Å².